The number of hydrogen-bond acceptors (Lipinski definition) is 3. The summed E-state index contributed by atoms with van der Waals surface area (Å²) < 4.78 is 10.6. The van der Waals surface area contributed by atoms with Gasteiger partial charge in [-0.25, -0.2) is 0 Å². The highest BCUT2D eigenvalue weighted by Gasteiger charge is 2.23. The molecule has 0 heterocycles. The van der Waals surface area contributed by atoms with Crippen LogP contribution < -0.4 is 9.47 Å². The Morgan fingerprint density at radius 2 is 1.36 bits per heavy atom. The molecule has 0 atom stereocenters. The average molecular weight is 355 g/mol. The van der Waals surface area contributed by atoms with Crippen LogP contribution in [-0.2, 0) is 4.79 Å². The molecule has 0 unspecified atom stereocenters. The van der Waals surface area contributed by atoms with Crippen LogP contribution in [0.1, 0.15) is 24.0 Å². The molecule has 1 aliphatic carbocycles. The molecule has 0 bridgehead atoms. The van der Waals surface area contributed by atoms with E-state index in [-0.39, 0.29) is 5.78 Å². The highest BCUT2D eigenvalue weighted by molar-refractivity contribution is 6.30. The summed E-state index contributed by atoms with van der Waals surface area (Å²) in [6, 6.07) is 13.1. The van der Waals surface area contributed by atoms with Crippen LogP contribution >= 0.6 is 11.6 Å². The number of methoxy groups -OCH3 is 2. The van der Waals surface area contributed by atoms with Crippen LogP contribution in [0.2, 0.25) is 5.02 Å². The number of halogens is 1. The lowest BCUT2D eigenvalue weighted by molar-refractivity contribution is -0.111. The molecule has 25 heavy (non-hydrogen) atoms. The van der Waals surface area contributed by atoms with Gasteiger partial charge in [-0.15, -0.1) is 0 Å². The Balaban J connectivity index is 1.86. The molecule has 0 amide bonds. The summed E-state index contributed by atoms with van der Waals surface area (Å²) >= 11 is 5.90. The summed E-state index contributed by atoms with van der Waals surface area (Å²) in [7, 11) is 3.22. The Kier molecular flexibility index (Phi) is 5.25. The molecule has 1 saturated carbocycles. The molecule has 0 N–H and O–H groups in total. The fourth-order valence-electron chi connectivity index (χ4n) is 2.85. The van der Waals surface area contributed by atoms with Gasteiger partial charge in [-0.2, -0.15) is 0 Å². The SMILES string of the molecule is COc1cc(C=C2CC/C(=C\c3ccc(Cl)cc3)C2=O)cc(OC)c1. The fourth-order valence-corrected chi connectivity index (χ4v) is 2.98. The van der Waals surface area contributed by atoms with E-state index in [1.165, 1.54) is 0 Å². The Hall–Kier alpha value is -2.52. The van der Waals surface area contributed by atoms with Crippen molar-refractivity contribution in [1.29, 1.82) is 0 Å². The topological polar surface area (TPSA) is 35.5 Å². The van der Waals surface area contributed by atoms with E-state index in [0.29, 0.717) is 16.5 Å². The van der Waals surface area contributed by atoms with Gasteiger partial charge in [-0.05, 0) is 60.4 Å². The van der Waals surface area contributed by atoms with E-state index < -0.39 is 0 Å². The van der Waals surface area contributed by atoms with E-state index in [0.717, 1.165) is 35.1 Å². The van der Waals surface area contributed by atoms with Crippen molar-refractivity contribution in [2.45, 2.75) is 12.8 Å². The fraction of sp³-hybridized carbons (Fsp3) is 0.190. The molecule has 4 heteroatoms. The summed E-state index contributed by atoms with van der Waals surface area (Å²) in [4.78, 5) is 12.7. The Labute approximate surface area is 152 Å². The van der Waals surface area contributed by atoms with Crippen LogP contribution in [0.25, 0.3) is 12.2 Å². The largest absolute Gasteiger partial charge is 0.497 e. The third-order valence-corrected chi connectivity index (χ3v) is 4.42. The van der Waals surface area contributed by atoms with Crippen LogP contribution in [0.5, 0.6) is 11.5 Å². The second-order valence-corrected chi connectivity index (χ2v) is 6.30. The van der Waals surface area contributed by atoms with Gasteiger partial charge in [0.15, 0.2) is 5.78 Å². The Morgan fingerprint density at radius 3 is 1.88 bits per heavy atom. The minimum Gasteiger partial charge on any atom is -0.497 e. The van der Waals surface area contributed by atoms with E-state index in [1.54, 1.807) is 14.2 Å². The maximum Gasteiger partial charge on any atom is 0.185 e. The van der Waals surface area contributed by atoms with Gasteiger partial charge in [-0.3, -0.25) is 4.79 Å². The maximum absolute atomic E-state index is 12.7. The van der Waals surface area contributed by atoms with Crippen molar-refractivity contribution in [1.82, 2.24) is 0 Å². The molecule has 0 aliphatic heterocycles. The lowest BCUT2D eigenvalue weighted by Gasteiger charge is -2.06. The molecule has 0 aromatic heterocycles. The number of allylic oxidation sites excluding steroid dienone is 2. The molecule has 0 saturated heterocycles. The number of carbonyl (C=O) groups is 1. The summed E-state index contributed by atoms with van der Waals surface area (Å²) in [6.45, 7) is 0. The molecule has 0 radical (unpaired) electrons. The highest BCUT2D eigenvalue weighted by Crippen LogP contribution is 2.31. The van der Waals surface area contributed by atoms with E-state index in [2.05, 4.69) is 0 Å². The van der Waals surface area contributed by atoms with Crippen LogP contribution in [0.15, 0.2) is 53.6 Å². The zero-order valence-corrected chi connectivity index (χ0v) is 15.0. The lowest BCUT2D eigenvalue weighted by atomic mass is 10.1. The Morgan fingerprint density at radius 1 is 0.840 bits per heavy atom. The third kappa shape index (κ3) is 4.12. The molecule has 1 fully saturated rings. The lowest BCUT2D eigenvalue weighted by Crippen LogP contribution is -1.96. The number of benzene rings is 2. The van der Waals surface area contributed by atoms with Crippen LogP contribution in [0.4, 0.5) is 0 Å². The van der Waals surface area contributed by atoms with E-state index in [1.807, 2.05) is 54.6 Å². The van der Waals surface area contributed by atoms with E-state index in [4.69, 9.17) is 21.1 Å². The maximum atomic E-state index is 12.7. The number of ether oxygens (including phenoxy) is 2. The van der Waals surface area contributed by atoms with Crippen molar-refractivity contribution in [3.05, 3.63) is 69.8 Å². The van der Waals surface area contributed by atoms with Crippen molar-refractivity contribution < 1.29 is 14.3 Å². The predicted octanol–water partition coefficient (Wildman–Crippen LogP) is 5.19. The first-order valence-corrected chi connectivity index (χ1v) is 8.41. The zero-order chi connectivity index (χ0) is 17.8. The van der Waals surface area contributed by atoms with E-state index in [9.17, 15) is 4.79 Å². The molecule has 3 nitrogen and oxygen atoms in total. The summed E-state index contributed by atoms with van der Waals surface area (Å²) in [5, 5.41) is 0.687. The molecule has 2 aromatic carbocycles. The third-order valence-electron chi connectivity index (χ3n) is 4.17. The minimum atomic E-state index is 0.0942. The molecular formula is C21H19ClO3. The monoisotopic (exact) mass is 354 g/mol. The van der Waals surface area contributed by atoms with Gasteiger partial charge in [0.1, 0.15) is 11.5 Å². The van der Waals surface area contributed by atoms with Crippen molar-refractivity contribution in [3.8, 4) is 11.5 Å². The Bertz CT molecular complexity index is 826. The number of Topliss-reactive ketones (excluding diaryl/α,β-unsaturated/α-hetero) is 1. The first-order chi connectivity index (χ1) is 12.1. The van der Waals surface area contributed by atoms with Crippen molar-refractivity contribution in [3.63, 3.8) is 0 Å². The average Bonchev–Trinajstić information content (AvgIpc) is 2.96. The van der Waals surface area contributed by atoms with Gasteiger partial charge >= 0.3 is 0 Å². The van der Waals surface area contributed by atoms with Gasteiger partial charge in [0.2, 0.25) is 0 Å². The molecule has 128 valence electrons. The quantitative estimate of drug-likeness (QED) is 0.709. The molecule has 2 aromatic rings. The number of ketones is 1. The number of carbonyl (C=O) groups excluding carboxylic acids is 1. The van der Waals surface area contributed by atoms with Gasteiger partial charge in [-0.1, -0.05) is 23.7 Å². The standard InChI is InChI=1S/C21H19ClO3/c1-24-19-11-15(12-20(13-19)25-2)10-17-6-5-16(21(17)23)9-14-3-7-18(22)8-4-14/h3-4,7-13H,5-6H2,1-2H3/b16-9+,17-10?. The zero-order valence-electron chi connectivity index (χ0n) is 14.2. The minimum absolute atomic E-state index is 0.0942. The number of hydrogen-bond donors (Lipinski definition) is 0. The van der Waals surface area contributed by atoms with Crippen molar-refractivity contribution in [2.24, 2.45) is 0 Å². The van der Waals surface area contributed by atoms with Gasteiger partial charge in [0.05, 0.1) is 14.2 Å². The molecule has 1 aliphatic rings. The predicted molar refractivity (Wildman–Crippen MR) is 101 cm³/mol. The molecular weight excluding hydrogens is 336 g/mol. The second kappa shape index (κ2) is 7.58. The van der Waals surface area contributed by atoms with Gasteiger partial charge < -0.3 is 9.47 Å². The molecule has 0 spiro atoms. The van der Waals surface area contributed by atoms with E-state index >= 15 is 0 Å². The molecule has 3 rings (SSSR count). The highest BCUT2D eigenvalue weighted by atomic mass is 35.5. The first-order valence-electron chi connectivity index (χ1n) is 8.03. The van der Waals surface area contributed by atoms with Crippen LogP contribution in [-0.4, -0.2) is 20.0 Å². The van der Waals surface area contributed by atoms with Crippen molar-refractivity contribution in [2.75, 3.05) is 14.2 Å². The summed E-state index contributed by atoms with van der Waals surface area (Å²) in [5.74, 6) is 1.50. The van der Waals surface area contributed by atoms with Crippen LogP contribution in [0, 0.1) is 0 Å². The number of rotatable bonds is 4. The smallest absolute Gasteiger partial charge is 0.185 e. The normalized spacial score (nSPS) is 17.3. The summed E-state index contributed by atoms with van der Waals surface area (Å²) in [6.07, 6.45) is 5.33. The van der Waals surface area contributed by atoms with Gasteiger partial charge in [0.25, 0.3) is 0 Å². The van der Waals surface area contributed by atoms with Crippen LogP contribution in [0.3, 0.4) is 0 Å². The second-order valence-electron chi connectivity index (χ2n) is 5.87. The van der Waals surface area contributed by atoms with Gasteiger partial charge in [0, 0.05) is 22.2 Å². The summed E-state index contributed by atoms with van der Waals surface area (Å²) in [5.41, 5.74) is 3.50. The first kappa shape index (κ1) is 17.3. The van der Waals surface area contributed by atoms with Crippen molar-refractivity contribution >= 4 is 29.5 Å².